The Morgan fingerprint density at radius 1 is 1.40 bits per heavy atom. The van der Waals surface area contributed by atoms with E-state index in [1.807, 2.05) is 11.8 Å². The third-order valence-electron chi connectivity index (χ3n) is 3.39. The van der Waals surface area contributed by atoms with E-state index in [4.69, 9.17) is 5.73 Å². The third kappa shape index (κ3) is 3.20. The highest BCUT2D eigenvalue weighted by atomic mass is 16.2. The Bertz CT molecular complexity index is 206. The van der Waals surface area contributed by atoms with Gasteiger partial charge in [-0.15, -0.1) is 0 Å². The maximum Gasteiger partial charge on any atom is 0.239 e. The quantitative estimate of drug-likeness (QED) is 0.776. The van der Waals surface area contributed by atoms with Gasteiger partial charge in [0.05, 0.1) is 6.04 Å². The first-order chi connectivity index (χ1) is 7.20. The number of hydrogen-bond donors (Lipinski definition) is 1. The van der Waals surface area contributed by atoms with Crippen molar-refractivity contribution in [1.29, 1.82) is 0 Å². The summed E-state index contributed by atoms with van der Waals surface area (Å²) in [7, 11) is 0. The second kappa shape index (κ2) is 6.11. The SMILES string of the molecule is CCC1CCCCCN1C(=O)[C@@H](N)CC. The summed E-state index contributed by atoms with van der Waals surface area (Å²) < 4.78 is 0. The van der Waals surface area contributed by atoms with E-state index in [0.717, 1.165) is 32.2 Å². The molecule has 2 atom stereocenters. The lowest BCUT2D eigenvalue weighted by molar-refractivity contribution is -0.135. The summed E-state index contributed by atoms with van der Waals surface area (Å²) >= 11 is 0. The van der Waals surface area contributed by atoms with Crippen molar-refractivity contribution in [2.75, 3.05) is 6.54 Å². The number of nitrogens with two attached hydrogens (primary N) is 1. The van der Waals surface area contributed by atoms with Crippen molar-refractivity contribution in [2.24, 2.45) is 5.73 Å². The summed E-state index contributed by atoms with van der Waals surface area (Å²) in [6.07, 6.45) is 6.59. The first-order valence-corrected chi connectivity index (χ1v) is 6.26. The zero-order chi connectivity index (χ0) is 11.3. The molecule has 1 unspecified atom stereocenters. The van der Waals surface area contributed by atoms with E-state index in [1.165, 1.54) is 12.8 Å². The van der Waals surface area contributed by atoms with Crippen LogP contribution in [0.4, 0.5) is 0 Å². The Kier molecular flexibility index (Phi) is 5.09. The minimum absolute atomic E-state index is 0.159. The van der Waals surface area contributed by atoms with Crippen LogP contribution in [0, 0.1) is 0 Å². The van der Waals surface area contributed by atoms with Crippen LogP contribution in [0.1, 0.15) is 52.4 Å². The van der Waals surface area contributed by atoms with E-state index >= 15 is 0 Å². The minimum Gasteiger partial charge on any atom is -0.338 e. The van der Waals surface area contributed by atoms with Gasteiger partial charge in [0.15, 0.2) is 0 Å². The summed E-state index contributed by atoms with van der Waals surface area (Å²) in [5.74, 6) is 0.159. The van der Waals surface area contributed by atoms with Gasteiger partial charge in [0, 0.05) is 12.6 Å². The van der Waals surface area contributed by atoms with Gasteiger partial charge in [-0.25, -0.2) is 0 Å². The molecule has 1 aliphatic rings. The number of carbonyl (C=O) groups excluding carboxylic acids is 1. The predicted molar refractivity (Wildman–Crippen MR) is 62.5 cm³/mol. The lowest BCUT2D eigenvalue weighted by Gasteiger charge is -2.31. The van der Waals surface area contributed by atoms with E-state index in [-0.39, 0.29) is 11.9 Å². The molecule has 0 saturated carbocycles. The first-order valence-electron chi connectivity index (χ1n) is 6.26. The molecule has 3 heteroatoms. The molecule has 0 radical (unpaired) electrons. The fourth-order valence-electron chi connectivity index (χ4n) is 2.28. The summed E-state index contributed by atoms with van der Waals surface area (Å²) in [4.78, 5) is 14.1. The summed E-state index contributed by atoms with van der Waals surface area (Å²) in [5.41, 5.74) is 5.82. The average Bonchev–Trinajstić information content (AvgIpc) is 2.51. The molecule has 1 aliphatic heterocycles. The molecule has 1 amide bonds. The van der Waals surface area contributed by atoms with Gasteiger partial charge in [0.1, 0.15) is 0 Å². The lowest BCUT2D eigenvalue weighted by Crippen LogP contribution is -2.48. The second-order valence-corrected chi connectivity index (χ2v) is 4.46. The zero-order valence-electron chi connectivity index (χ0n) is 10.0. The van der Waals surface area contributed by atoms with Gasteiger partial charge < -0.3 is 10.6 Å². The molecular weight excluding hydrogens is 188 g/mol. The molecule has 0 aliphatic carbocycles. The Morgan fingerprint density at radius 3 is 2.73 bits per heavy atom. The molecule has 1 saturated heterocycles. The van der Waals surface area contributed by atoms with Gasteiger partial charge in [0.25, 0.3) is 0 Å². The van der Waals surface area contributed by atoms with Crippen LogP contribution in [0.25, 0.3) is 0 Å². The van der Waals surface area contributed by atoms with Crippen molar-refractivity contribution in [3.05, 3.63) is 0 Å². The van der Waals surface area contributed by atoms with Crippen molar-refractivity contribution in [1.82, 2.24) is 4.90 Å². The van der Waals surface area contributed by atoms with Crippen molar-refractivity contribution in [2.45, 2.75) is 64.5 Å². The van der Waals surface area contributed by atoms with Crippen LogP contribution < -0.4 is 5.73 Å². The van der Waals surface area contributed by atoms with E-state index in [0.29, 0.717) is 6.04 Å². The molecule has 88 valence electrons. The van der Waals surface area contributed by atoms with Gasteiger partial charge >= 0.3 is 0 Å². The Morgan fingerprint density at radius 2 is 2.13 bits per heavy atom. The third-order valence-corrected chi connectivity index (χ3v) is 3.39. The monoisotopic (exact) mass is 212 g/mol. The van der Waals surface area contributed by atoms with Crippen LogP contribution in [0.5, 0.6) is 0 Å². The summed E-state index contributed by atoms with van der Waals surface area (Å²) in [6, 6.07) is 0.134. The highest BCUT2D eigenvalue weighted by Gasteiger charge is 2.26. The van der Waals surface area contributed by atoms with Crippen LogP contribution in [0.2, 0.25) is 0 Å². The van der Waals surface area contributed by atoms with Crippen molar-refractivity contribution in [3.63, 3.8) is 0 Å². The molecule has 1 fully saturated rings. The zero-order valence-corrected chi connectivity index (χ0v) is 10.0. The fourth-order valence-corrected chi connectivity index (χ4v) is 2.28. The Labute approximate surface area is 93.0 Å². The highest BCUT2D eigenvalue weighted by Crippen LogP contribution is 2.19. The van der Waals surface area contributed by atoms with E-state index in [2.05, 4.69) is 6.92 Å². The minimum atomic E-state index is -0.294. The van der Waals surface area contributed by atoms with Gasteiger partial charge in [-0.2, -0.15) is 0 Å². The number of carbonyl (C=O) groups is 1. The fraction of sp³-hybridized carbons (Fsp3) is 0.917. The van der Waals surface area contributed by atoms with Crippen molar-refractivity contribution < 1.29 is 4.79 Å². The second-order valence-electron chi connectivity index (χ2n) is 4.46. The van der Waals surface area contributed by atoms with Crippen LogP contribution in [-0.2, 0) is 4.79 Å². The number of amides is 1. The number of rotatable bonds is 3. The average molecular weight is 212 g/mol. The van der Waals surface area contributed by atoms with Crippen LogP contribution in [0.3, 0.4) is 0 Å². The molecular formula is C12H24N2O. The molecule has 15 heavy (non-hydrogen) atoms. The predicted octanol–water partition coefficient (Wildman–Crippen LogP) is 1.90. The van der Waals surface area contributed by atoms with Gasteiger partial charge in [-0.1, -0.05) is 26.7 Å². The van der Waals surface area contributed by atoms with E-state index in [9.17, 15) is 4.79 Å². The molecule has 3 nitrogen and oxygen atoms in total. The van der Waals surface area contributed by atoms with Gasteiger partial charge in [0.2, 0.25) is 5.91 Å². The Balaban J connectivity index is 2.65. The largest absolute Gasteiger partial charge is 0.338 e. The van der Waals surface area contributed by atoms with Crippen LogP contribution in [-0.4, -0.2) is 29.4 Å². The number of nitrogens with zero attached hydrogens (tertiary/aromatic N) is 1. The van der Waals surface area contributed by atoms with Crippen LogP contribution in [0.15, 0.2) is 0 Å². The topological polar surface area (TPSA) is 46.3 Å². The molecule has 0 aromatic carbocycles. The van der Waals surface area contributed by atoms with Gasteiger partial charge in [-0.3, -0.25) is 4.79 Å². The summed E-state index contributed by atoms with van der Waals surface area (Å²) in [5, 5.41) is 0. The van der Waals surface area contributed by atoms with E-state index in [1.54, 1.807) is 0 Å². The molecule has 0 spiro atoms. The molecule has 1 heterocycles. The number of hydrogen-bond acceptors (Lipinski definition) is 2. The van der Waals surface area contributed by atoms with Crippen molar-refractivity contribution >= 4 is 5.91 Å². The normalized spacial score (nSPS) is 24.7. The molecule has 2 N–H and O–H groups in total. The maximum absolute atomic E-state index is 12.1. The first kappa shape index (κ1) is 12.5. The molecule has 0 aromatic rings. The highest BCUT2D eigenvalue weighted by molar-refractivity contribution is 5.81. The lowest BCUT2D eigenvalue weighted by atomic mass is 10.1. The Hall–Kier alpha value is -0.570. The van der Waals surface area contributed by atoms with E-state index < -0.39 is 0 Å². The molecule has 0 bridgehead atoms. The smallest absolute Gasteiger partial charge is 0.239 e. The molecule has 1 rings (SSSR count). The van der Waals surface area contributed by atoms with Crippen molar-refractivity contribution in [3.8, 4) is 0 Å². The maximum atomic E-state index is 12.1. The summed E-state index contributed by atoms with van der Waals surface area (Å²) in [6.45, 7) is 5.04. The van der Waals surface area contributed by atoms with Crippen LogP contribution >= 0.6 is 0 Å². The standard InChI is InChI=1S/C12H24N2O/c1-3-10-8-6-5-7-9-14(10)12(15)11(13)4-2/h10-11H,3-9,13H2,1-2H3/t10?,11-/m0/s1. The molecule has 0 aromatic heterocycles. The number of likely N-dealkylation sites (tertiary alicyclic amines) is 1. The van der Waals surface area contributed by atoms with Gasteiger partial charge in [-0.05, 0) is 25.7 Å².